The van der Waals surface area contributed by atoms with E-state index in [-0.39, 0.29) is 11.3 Å². The third kappa shape index (κ3) is 3.31. The van der Waals surface area contributed by atoms with Crippen molar-refractivity contribution in [1.82, 2.24) is 5.32 Å². The monoisotopic (exact) mass is 340 g/mol. The van der Waals surface area contributed by atoms with Gasteiger partial charge in [0.2, 0.25) is 11.8 Å². The topological polar surface area (TPSA) is 72.2 Å². The number of aryl methyl sites for hydroxylation is 1. The number of hydrogen-bond acceptors (Lipinski definition) is 2. The average Bonchev–Trinajstić information content (AvgIpc) is 2.58. The van der Waals surface area contributed by atoms with Crippen LogP contribution in [0.2, 0.25) is 0 Å². The van der Waals surface area contributed by atoms with Crippen LogP contribution in [0.5, 0.6) is 0 Å². The zero-order valence-corrected chi connectivity index (χ0v) is 14.7. The molecule has 4 bridgehead atoms. The predicted octanol–water partition coefficient (Wildman–Crippen LogP) is 2.81. The van der Waals surface area contributed by atoms with E-state index in [1.807, 2.05) is 30.3 Å². The highest BCUT2D eigenvalue weighted by molar-refractivity contribution is 5.89. The second kappa shape index (κ2) is 6.47. The van der Waals surface area contributed by atoms with Crippen molar-refractivity contribution < 1.29 is 9.59 Å². The molecule has 0 aromatic heterocycles. The smallest absolute Gasteiger partial charge is 0.240 e. The summed E-state index contributed by atoms with van der Waals surface area (Å²) in [6.45, 7) is 0. The number of rotatable bonds is 6. The van der Waals surface area contributed by atoms with Gasteiger partial charge in [0.05, 0.1) is 0 Å². The van der Waals surface area contributed by atoms with E-state index in [4.69, 9.17) is 5.73 Å². The largest absolute Gasteiger partial charge is 0.368 e. The summed E-state index contributed by atoms with van der Waals surface area (Å²) in [5.74, 6) is 1.81. The van der Waals surface area contributed by atoms with Crippen LogP contribution in [0.15, 0.2) is 30.3 Å². The second-order valence-corrected chi connectivity index (χ2v) is 8.65. The molecule has 134 valence electrons. The van der Waals surface area contributed by atoms with Crippen LogP contribution in [0.25, 0.3) is 0 Å². The van der Waals surface area contributed by atoms with E-state index in [0.29, 0.717) is 24.2 Å². The molecule has 0 aliphatic heterocycles. The Hall–Kier alpha value is -1.84. The molecule has 4 aliphatic rings. The lowest BCUT2D eigenvalue weighted by Gasteiger charge is -2.55. The lowest BCUT2D eigenvalue weighted by atomic mass is 9.49. The van der Waals surface area contributed by atoms with Gasteiger partial charge in [0.15, 0.2) is 0 Å². The molecule has 4 aliphatic carbocycles. The van der Waals surface area contributed by atoms with E-state index in [2.05, 4.69) is 5.32 Å². The van der Waals surface area contributed by atoms with E-state index in [9.17, 15) is 9.59 Å². The summed E-state index contributed by atoms with van der Waals surface area (Å²) in [6, 6.07) is 9.47. The number of nitrogens with one attached hydrogen (secondary N) is 1. The molecule has 0 spiro atoms. The van der Waals surface area contributed by atoms with Crippen molar-refractivity contribution in [2.45, 2.75) is 57.4 Å². The molecule has 25 heavy (non-hydrogen) atoms. The number of carbonyl (C=O) groups is 2. The number of amides is 2. The van der Waals surface area contributed by atoms with Gasteiger partial charge in [-0.25, -0.2) is 0 Å². The summed E-state index contributed by atoms with van der Waals surface area (Å²) in [5.41, 5.74) is 6.52. The number of carbonyl (C=O) groups excluding carboxylic acids is 2. The van der Waals surface area contributed by atoms with Crippen molar-refractivity contribution in [2.75, 3.05) is 0 Å². The van der Waals surface area contributed by atoms with Gasteiger partial charge < -0.3 is 11.1 Å². The first-order valence-corrected chi connectivity index (χ1v) is 9.68. The highest BCUT2D eigenvalue weighted by Gasteiger charge is 2.54. The summed E-state index contributed by atoms with van der Waals surface area (Å²) in [7, 11) is 0. The van der Waals surface area contributed by atoms with E-state index >= 15 is 0 Å². The molecule has 0 unspecified atom stereocenters. The number of primary amides is 1. The molecule has 4 heteroatoms. The van der Waals surface area contributed by atoms with E-state index in [0.717, 1.165) is 31.2 Å². The van der Waals surface area contributed by atoms with Crippen LogP contribution in [0, 0.1) is 23.2 Å². The first-order chi connectivity index (χ1) is 12.0. The summed E-state index contributed by atoms with van der Waals surface area (Å²) < 4.78 is 0. The van der Waals surface area contributed by atoms with Crippen molar-refractivity contribution in [3.8, 4) is 0 Å². The van der Waals surface area contributed by atoms with Crippen molar-refractivity contribution >= 4 is 11.8 Å². The molecule has 0 saturated heterocycles. The van der Waals surface area contributed by atoms with Crippen LogP contribution in [-0.2, 0) is 16.0 Å². The van der Waals surface area contributed by atoms with E-state index in [1.54, 1.807) is 0 Å². The lowest BCUT2D eigenvalue weighted by Crippen LogP contribution is -2.57. The molecule has 4 nitrogen and oxygen atoms in total. The Balaban J connectivity index is 1.42. The molecule has 1 aromatic carbocycles. The van der Waals surface area contributed by atoms with Gasteiger partial charge in [-0.2, -0.15) is 0 Å². The Bertz CT molecular complexity index is 620. The van der Waals surface area contributed by atoms with Crippen molar-refractivity contribution in [2.24, 2.45) is 28.9 Å². The van der Waals surface area contributed by atoms with Gasteiger partial charge in [0.1, 0.15) is 6.04 Å². The fraction of sp³-hybridized carbons (Fsp3) is 0.619. The molecule has 2 amide bonds. The van der Waals surface area contributed by atoms with E-state index < -0.39 is 11.9 Å². The van der Waals surface area contributed by atoms with Gasteiger partial charge in [0, 0.05) is 5.41 Å². The number of hydrogen-bond donors (Lipinski definition) is 2. The minimum Gasteiger partial charge on any atom is -0.368 e. The summed E-state index contributed by atoms with van der Waals surface area (Å²) in [5, 5.41) is 3.03. The maximum atomic E-state index is 13.1. The SMILES string of the molecule is NC(=O)[C@H](CCc1ccccc1)NC(=O)C12CC3CC(CC(C3)C1)C2. The zero-order valence-electron chi connectivity index (χ0n) is 14.7. The molecule has 0 heterocycles. The van der Waals surface area contributed by atoms with Gasteiger partial charge in [0.25, 0.3) is 0 Å². The molecule has 4 saturated carbocycles. The maximum absolute atomic E-state index is 13.1. The van der Waals surface area contributed by atoms with Crippen LogP contribution >= 0.6 is 0 Å². The first-order valence-electron chi connectivity index (χ1n) is 9.68. The van der Waals surface area contributed by atoms with Crippen LogP contribution in [0.4, 0.5) is 0 Å². The van der Waals surface area contributed by atoms with Gasteiger partial charge in [-0.05, 0) is 74.7 Å². The highest BCUT2D eigenvalue weighted by atomic mass is 16.2. The van der Waals surface area contributed by atoms with Gasteiger partial charge in [-0.1, -0.05) is 30.3 Å². The fourth-order valence-corrected chi connectivity index (χ4v) is 5.94. The third-order valence-electron chi connectivity index (χ3n) is 6.73. The molecule has 5 rings (SSSR count). The average molecular weight is 340 g/mol. The molecule has 3 N–H and O–H groups in total. The van der Waals surface area contributed by atoms with Crippen LogP contribution in [-0.4, -0.2) is 17.9 Å². The minimum atomic E-state index is -0.569. The van der Waals surface area contributed by atoms with Crippen LogP contribution < -0.4 is 11.1 Å². The third-order valence-corrected chi connectivity index (χ3v) is 6.73. The van der Waals surface area contributed by atoms with Crippen molar-refractivity contribution in [3.05, 3.63) is 35.9 Å². The number of nitrogens with two attached hydrogens (primary N) is 1. The Labute approximate surface area is 149 Å². The summed E-state index contributed by atoms with van der Waals surface area (Å²) in [4.78, 5) is 25.0. The Kier molecular flexibility index (Phi) is 4.30. The maximum Gasteiger partial charge on any atom is 0.240 e. The fourth-order valence-electron chi connectivity index (χ4n) is 5.94. The van der Waals surface area contributed by atoms with Crippen molar-refractivity contribution in [3.63, 3.8) is 0 Å². The Morgan fingerprint density at radius 1 is 1.04 bits per heavy atom. The highest BCUT2D eigenvalue weighted by Crippen LogP contribution is 2.60. The molecule has 4 fully saturated rings. The van der Waals surface area contributed by atoms with Gasteiger partial charge >= 0.3 is 0 Å². The normalized spacial score (nSPS) is 33.8. The molecule has 1 aromatic rings. The van der Waals surface area contributed by atoms with Crippen LogP contribution in [0.3, 0.4) is 0 Å². The first kappa shape index (κ1) is 16.6. The minimum absolute atomic E-state index is 0.0865. The Morgan fingerprint density at radius 2 is 1.60 bits per heavy atom. The standard InChI is InChI=1S/C21H28N2O2/c22-19(24)18(7-6-14-4-2-1-3-5-14)23-20(25)21-11-15-8-16(12-21)10-17(9-15)13-21/h1-5,15-18H,6-13H2,(H2,22,24)(H,23,25)/t15?,16?,17?,18-,21?/m0/s1. The van der Waals surface area contributed by atoms with E-state index in [1.165, 1.54) is 19.3 Å². The van der Waals surface area contributed by atoms with Gasteiger partial charge in [-0.3, -0.25) is 9.59 Å². The Morgan fingerprint density at radius 3 is 2.12 bits per heavy atom. The van der Waals surface area contributed by atoms with Crippen LogP contribution in [0.1, 0.15) is 50.5 Å². The second-order valence-electron chi connectivity index (χ2n) is 8.65. The predicted molar refractivity (Wildman–Crippen MR) is 96.5 cm³/mol. The molecular weight excluding hydrogens is 312 g/mol. The number of benzene rings is 1. The quantitative estimate of drug-likeness (QED) is 0.836. The van der Waals surface area contributed by atoms with Gasteiger partial charge in [-0.15, -0.1) is 0 Å². The summed E-state index contributed by atoms with van der Waals surface area (Å²) >= 11 is 0. The molecule has 1 atom stereocenters. The zero-order chi connectivity index (χ0) is 17.4. The summed E-state index contributed by atoms with van der Waals surface area (Å²) in [6.07, 6.45) is 8.26. The molecule has 0 radical (unpaired) electrons. The molecular formula is C21H28N2O2. The lowest BCUT2D eigenvalue weighted by molar-refractivity contribution is -0.148. The van der Waals surface area contributed by atoms with Crippen molar-refractivity contribution in [1.29, 1.82) is 0 Å².